The topological polar surface area (TPSA) is 64.4 Å². The average Bonchev–Trinajstić information content (AvgIpc) is 2.65. The largest absolute Gasteiger partial charge is 0.496 e. The molecule has 0 fully saturated rings. The zero-order valence-corrected chi connectivity index (χ0v) is 14.2. The maximum absolute atomic E-state index is 11.0. The lowest BCUT2D eigenvalue weighted by atomic mass is 9.99. The van der Waals surface area contributed by atoms with Crippen LogP contribution in [0.4, 0.5) is 5.69 Å². The van der Waals surface area contributed by atoms with Crippen molar-refractivity contribution in [3.05, 3.63) is 81.9 Å². The zero-order valence-electron chi connectivity index (χ0n) is 14.2. The van der Waals surface area contributed by atoms with Gasteiger partial charge in [0, 0.05) is 30.3 Å². The molecule has 0 amide bonds. The van der Waals surface area contributed by atoms with Gasteiger partial charge < -0.3 is 10.1 Å². The summed E-state index contributed by atoms with van der Waals surface area (Å²) in [5.74, 6) is 0.642. The summed E-state index contributed by atoms with van der Waals surface area (Å²) in [6.45, 7) is 2.57. The minimum absolute atomic E-state index is 0.0652. The lowest BCUT2D eigenvalue weighted by Gasteiger charge is -2.17. The van der Waals surface area contributed by atoms with Crippen LogP contribution in [0.5, 0.6) is 5.75 Å². The fourth-order valence-electron chi connectivity index (χ4n) is 3.02. The van der Waals surface area contributed by atoms with E-state index in [0.29, 0.717) is 12.3 Å². The molecule has 0 spiro atoms. The third-order valence-electron chi connectivity index (χ3n) is 4.36. The van der Waals surface area contributed by atoms with Crippen molar-refractivity contribution in [3.63, 3.8) is 0 Å². The number of rotatable bonds is 6. The number of nitrogens with one attached hydrogen (secondary N) is 1. The van der Waals surface area contributed by atoms with E-state index < -0.39 is 4.92 Å². The van der Waals surface area contributed by atoms with Gasteiger partial charge in [0.15, 0.2) is 0 Å². The van der Waals surface area contributed by atoms with Crippen LogP contribution < -0.4 is 10.1 Å². The monoisotopic (exact) mass is 336 g/mol. The van der Waals surface area contributed by atoms with Crippen LogP contribution in [-0.2, 0) is 6.54 Å². The molecule has 1 unspecified atom stereocenters. The molecule has 128 valence electrons. The lowest BCUT2D eigenvalue weighted by molar-refractivity contribution is -0.384. The standard InChI is InChI=1S/C20H20N2O3/c1-14(18-9-5-7-15-6-3-4-8-19(15)18)21-13-16-12-17(22(23)24)10-11-20(16)25-2/h3-12,14,21H,13H2,1-2H3. The number of nitro groups is 1. The number of ether oxygens (including phenoxy) is 1. The summed E-state index contributed by atoms with van der Waals surface area (Å²) >= 11 is 0. The number of hydrogen-bond acceptors (Lipinski definition) is 4. The number of hydrogen-bond donors (Lipinski definition) is 1. The number of fused-ring (bicyclic) bond motifs is 1. The Morgan fingerprint density at radius 3 is 2.64 bits per heavy atom. The molecule has 0 aromatic heterocycles. The van der Waals surface area contributed by atoms with Crippen LogP contribution in [0.3, 0.4) is 0 Å². The quantitative estimate of drug-likeness (QED) is 0.527. The van der Waals surface area contributed by atoms with E-state index >= 15 is 0 Å². The van der Waals surface area contributed by atoms with Crippen molar-refractivity contribution >= 4 is 16.5 Å². The Hall–Kier alpha value is -2.92. The second-order valence-electron chi connectivity index (χ2n) is 5.92. The summed E-state index contributed by atoms with van der Waals surface area (Å²) in [5, 5.41) is 16.8. The summed E-state index contributed by atoms with van der Waals surface area (Å²) < 4.78 is 5.33. The van der Waals surface area contributed by atoms with Crippen LogP contribution in [0.15, 0.2) is 60.7 Å². The Morgan fingerprint density at radius 1 is 1.12 bits per heavy atom. The molecule has 0 aliphatic rings. The highest BCUT2D eigenvalue weighted by Gasteiger charge is 2.13. The maximum Gasteiger partial charge on any atom is 0.270 e. The molecule has 0 aliphatic carbocycles. The number of methoxy groups -OCH3 is 1. The van der Waals surface area contributed by atoms with Crippen LogP contribution >= 0.6 is 0 Å². The molecule has 0 aliphatic heterocycles. The van der Waals surface area contributed by atoms with E-state index in [1.54, 1.807) is 19.2 Å². The van der Waals surface area contributed by atoms with Crippen molar-refractivity contribution in [2.24, 2.45) is 0 Å². The van der Waals surface area contributed by atoms with Gasteiger partial charge in [0.05, 0.1) is 12.0 Å². The SMILES string of the molecule is COc1ccc([N+](=O)[O-])cc1CNC(C)c1cccc2ccccc12. The smallest absolute Gasteiger partial charge is 0.270 e. The fraction of sp³-hybridized carbons (Fsp3) is 0.200. The number of nitro benzene ring substituents is 1. The van der Waals surface area contributed by atoms with Gasteiger partial charge in [-0.25, -0.2) is 0 Å². The minimum Gasteiger partial charge on any atom is -0.496 e. The van der Waals surface area contributed by atoms with Crippen LogP contribution in [0.1, 0.15) is 24.1 Å². The van der Waals surface area contributed by atoms with E-state index in [0.717, 1.165) is 5.56 Å². The van der Waals surface area contributed by atoms with Crippen LogP contribution in [-0.4, -0.2) is 12.0 Å². The fourth-order valence-corrected chi connectivity index (χ4v) is 3.02. The van der Waals surface area contributed by atoms with Gasteiger partial charge in [-0.3, -0.25) is 10.1 Å². The molecule has 0 radical (unpaired) electrons. The first-order valence-corrected chi connectivity index (χ1v) is 8.12. The Morgan fingerprint density at radius 2 is 1.88 bits per heavy atom. The highest BCUT2D eigenvalue weighted by atomic mass is 16.6. The molecular weight excluding hydrogens is 316 g/mol. The Kier molecular flexibility index (Phi) is 4.95. The predicted octanol–water partition coefficient (Wildman–Crippen LogP) is 4.61. The highest BCUT2D eigenvalue weighted by molar-refractivity contribution is 5.86. The highest BCUT2D eigenvalue weighted by Crippen LogP contribution is 2.27. The molecule has 0 saturated carbocycles. The predicted molar refractivity (Wildman–Crippen MR) is 98.9 cm³/mol. The summed E-state index contributed by atoms with van der Waals surface area (Å²) in [7, 11) is 1.57. The van der Waals surface area contributed by atoms with E-state index in [2.05, 4.69) is 36.5 Å². The number of nitrogens with zero attached hydrogens (tertiary/aromatic N) is 1. The van der Waals surface area contributed by atoms with Crippen LogP contribution in [0.25, 0.3) is 10.8 Å². The number of benzene rings is 3. The molecule has 0 heterocycles. The van der Waals surface area contributed by atoms with Crippen molar-refractivity contribution in [1.29, 1.82) is 0 Å². The first-order valence-electron chi connectivity index (χ1n) is 8.12. The van der Waals surface area contributed by atoms with Gasteiger partial charge in [-0.05, 0) is 29.3 Å². The van der Waals surface area contributed by atoms with Gasteiger partial charge in [0.2, 0.25) is 0 Å². The first kappa shape index (κ1) is 16.9. The lowest BCUT2D eigenvalue weighted by Crippen LogP contribution is -2.19. The zero-order chi connectivity index (χ0) is 17.8. The normalized spacial score (nSPS) is 12.1. The molecule has 0 saturated heterocycles. The van der Waals surface area contributed by atoms with Gasteiger partial charge in [0.25, 0.3) is 5.69 Å². The van der Waals surface area contributed by atoms with E-state index in [9.17, 15) is 10.1 Å². The van der Waals surface area contributed by atoms with Crippen molar-refractivity contribution in [1.82, 2.24) is 5.32 Å². The second-order valence-corrected chi connectivity index (χ2v) is 5.92. The van der Waals surface area contributed by atoms with E-state index in [1.165, 1.54) is 22.4 Å². The third kappa shape index (κ3) is 3.61. The molecule has 5 heteroatoms. The Balaban J connectivity index is 1.83. The van der Waals surface area contributed by atoms with Crippen molar-refractivity contribution in [2.45, 2.75) is 19.5 Å². The van der Waals surface area contributed by atoms with Crippen molar-refractivity contribution in [2.75, 3.05) is 7.11 Å². The molecule has 5 nitrogen and oxygen atoms in total. The molecule has 3 aromatic carbocycles. The van der Waals surface area contributed by atoms with Gasteiger partial charge >= 0.3 is 0 Å². The molecule has 25 heavy (non-hydrogen) atoms. The average molecular weight is 336 g/mol. The maximum atomic E-state index is 11.0. The number of non-ortho nitro benzene ring substituents is 1. The van der Waals surface area contributed by atoms with Crippen molar-refractivity contribution < 1.29 is 9.66 Å². The minimum atomic E-state index is -0.392. The summed E-state index contributed by atoms with van der Waals surface area (Å²) in [6.07, 6.45) is 0. The Bertz CT molecular complexity index is 903. The van der Waals surface area contributed by atoms with Crippen molar-refractivity contribution in [3.8, 4) is 5.75 Å². The molecule has 3 aromatic rings. The van der Waals surface area contributed by atoms with Gasteiger partial charge in [-0.1, -0.05) is 42.5 Å². The molecule has 0 bridgehead atoms. The molecule has 3 rings (SSSR count). The summed E-state index contributed by atoms with van der Waals surface area (Å²) in [5.41, 5.74) is 2.03. The second kappa shape index (κ2) is 7.32. The van der Waals surface area contributed by atoms with Gasteiger partial charge in [-0.15, -0.1) is 0 Å². The van der Waals surface area contributed by atoms with Crippen LogP contribution in [0, 0.1) is 10.1 Å². The van der Waals surface area contributed by atoms with E-state index in [-0.39, 0.29) is 11.7 Å². The summed E-state index contributed by atoms with van der Waals surface area (Å²) in [4.78, 5) is 10.6. The molecule has 1 atom stereocenters. The first-order chi connectivity index (χ1) is 12.1. The van der Waals surface area contributed by atoms with E-state index in [4.69, 9.17) is 4.74 Å². The van der Waals surface area contributed by atoms with Gasteiger partial charge in [-0.2, -0.15) is 0 Å². The third-order valence-corrected chi connectivity index (χ3v) is 4.36. The van der Waals surface area contributed by atoms with Gasteiger partial charge in [0.1, 0.15) is 5.75 Å². The Labute approximate surface area is 146 Å². The molecule has 1 N–H and O–H groups in total. The van der Waals surface area contributed by atoms with Crippen LogP contribution in [0.2, 0.25) is 0 Å². The summed E-state index contributed by atoms with van der Waals surface area (Å²) in [6, 6.07) is 19.2. The van der Waals surface area contributed by atoms with E-state index in [1.807, 2.05) is 18.2 Å². The molecular formula is C20H20N2O3.